The summed E-state index contributed by atoms with van der Waals surface area (Å²) < 4.78 is 14.0. The molecule has 0 bridgehead atoms. The quantitative estimate of drug-likeness (QED) is 0.442. The van der Waals surface area contributed by atoms with Crippen LogP contribution < -0.4 is 4.90 Å². The molecule has 0 saturated carbocycles. The molecule has 0 N–H and O–H groups in total. The van der Waals surface area contributed by atoms with Crippen molar-refractivity contribution in [3.8, 4) is 0 Å². The summed E-state index contributed by atoms with van der Waals surface area (Å²) in [5.41, 5.74) is 1.47. The van der Waals surface area contributed by atoms with Gasteiger partial charge in [0.1, 0.15) is 5.82 Å². The number of rotatable bonds is 10. The molecule has 148 valence electrons. The molecule has 1 rings (SSSR count). The number of halogens is 1. The summed E-state index contributed by atoms with van der Waals surface area (Å²) in [6.45, 7) is 12.6. The molecule has 0 atom stereocenters. The molecule has 0 spiro atoms. The minimum atomic E-state index is -0.182. The van der Waals surface area contributed by atoms with Crippen molar-refractivity contribution in [2.24, 2.45) is 5.41 Å². The average Bonchev–Trinajstić information content (AvgIpc) is 2.56. The molecule has 0 aliphatic carbocycles. The Hall–Kier alpha value is -1.38. The third-order valence-corrected chi connectivity index (χ3v) is 4.79. The first-order valence-electron chi connectivity index (χ1n) is 10.3. The summed E-state index contributed by atoms with van der Waals surface area (Å²) in [5, 5.41) is 0. The van der Waals surface area contributed by atoms with Crippen LogP contribution in [0.2, 0.25) is 0 Å². The van der Waals surface area contributed by atoms with Gasteiger partial charge < -0.3 is 4.90 Å². The number of carbonyl (C=O) groups is 1. The Balaban J connectivity index is 3.27. The Bertz CT molecular complexity index is 554. The highest BCUT2D eigenvalue weighted by Gasteiger charge is 2.28. The standard InChI is InChI=1S/C23H38FNO/c1-7-10-12-19(13-11-8-2)25(22(26)17-23(4,5)6)20-14-15-21(24)18(9-3)16-20/h14-16,19H,7-13,17H2,1-6H3. The second-order valence-electron chi connectivity index (χ2n) is 8.57. The predicted octanol–water partition coefficient (Wildman–Crippen LogP) is 6.91. The molecular formula is C23H38FNO. The molecule has 0 heterocycles. The summed E-state index contributed by atoms with van der Waals surface area (Å²) in [5.74, 6) is -0.0264. The van der Waals surface area contributed by atoms with Crippen molar-refractivity contribution in [2.45, 2.75) is 99.0 Å². The molecule has 0 aliphatic heterocycles. The molecule has 0 aromatic heterocycles. The lowest BCUT2D eigenvalue weighted by atomic mass is 9.90. The highest BCUT2D eigenvalue weighted by molar-refractivity contribution is 5.94. The Kier molecular flexibility index (Phi) is 9.32. The molecule has 1 aromatic carbocycles. The molecule has 0 aliphatic rings. The first kappa shape index (κ1) is 22.7. The fraction of sp³-hybridized carbons (Fsp3) is 0.696. The van der Waals surface area contributed by atoms with Gasteiger partial charge in [0.15, 0.2) is 0 Å². The summed E-state index contributed by atoms with van der Waals surface area (Å²) in [4.78, 5) is 15.2. The molecule has 0 fully saturated rings. The molecular weight excluding hydrogens is 325 g/mol. The molecule has 2 nitrogen and oxygen atoms in total. The third kappa shape index (κ3) is 7.09. The lowest BCUT2D eigenvalue weighted by Crippen LogP contribution is -2.42. The zero-order chi connectivity index (χ0) is 19.7. The predicted molar refractivity (Wildman–Crippen MR) is 110 cm³/mol. The monoisotopic (exact) mass is 363 g/mol. The van der Waals surface area contributed by atoms with E-state index in [2.05, 4.69) is 34.6 Å². The number of anilines is 1. The first-order chi connectivity index (χ1) is 12.2. The number of benzene rings is 1. The Morgan fingerprint density at radius 2 is 1.65 bits per heavy atom. The van der Waals surface area contributed by atoms with Gasteiger partial charge in [-0.3, -0.25) is 4.79 Å². The zero-order valence-electron chi connectivity index (χ0n) is 17.7. The van der Waals surface area contributed by atoms with Crippen LogP contribution in [0.1, 0.15) is 92.1 Å². The van der Waals surface area contributed by atoms with Gasteiger partial charge >= 0.3 is 0 Å². The van der Waals surface area contributed by atoms with Crippen molar-refractivity contribution in [3.63, 3.8) is 0 Å². The van der Waals surface area contributed by atoms with Crippen LogP contribution in [0.15, 0.2) is 18.2 Å². The van der Waals surface area contributed by atoms with Gasteiger partial charge in [-0.2, -0.15) is 0 Å². The highest BCUT2D eigenvalue weighted by atomic mass is 19.1. The van der Waals surface area contributed by atoms with Crippen molar-refractivity contribution in [1.82, 2.24) is 0 Å². The van der Waals surface area contributed by atoms with Crippen molar-refractivity contribution in [3.05, 3.63) is 29.6 Å². The smallest absolute Gasteiger partial charge is 0.227 e. The normalized spacial score (nSPS) is 11.8. The van der Waals surface area contributed by atoms with E-state index in [1.807, 2.05) is 17.9 Å². The van der Waals surface area contributed by atoms with Gasteiger partial charge in [-0.15, -0.1) is 0 Å². The number of unbranched alkanes of at least 4 members (excludes halogenated alkanes) is 2. The van der Waals surface area contributed by atoms with E-state index in [4.69, 9.17) is 0 Å². The van der Waals surface area contributed by atoms with E-state index in [1.54, 1.807) is 6.07 Å². The molecule has 0 unspecified atom stereocenters. The summed E-state index contributed by atoms with van der Waals surface area (Å²) in [7, 11) is 0. The van der Waals surface area contributed by atoms with Crippen molar-refractivity contribution in [2.75, 3.05) is 4.90 Å². The Morgan fingerprint density at radius 1 is 1.08 bits per heavy atom. The fourth-order valence-corrected chi connectivity index (χ4v) is 3.36. The van der Waals surface area contributed by atoms with Crippen LogP contribution in [0.5, 0.6) is 0 Å². The summed E-state index contributed by atoms with van der Waals surface area (Å²) in [6.07, 6.45) is 7.60. The number of aryl methyl sites for hydroxylation is 1. The van der Waals surface area contributed by atoms with Crippen molar-refractivity contribution >= 4 is 11.6 Å². The van der Waals surface area contributed by atoms with Gasteiger partial charge in [-0.05, 0) is 48.4 Å². The van der Waals surface area contributed by atoms with Crippen LogP contribution in [-0.4, -0.2) is 11.9 Å². The maximum atomic E-state index is 14.0. The van der Waals surface area contributed by atoms with Gasteiger partial charge in [0.2, 0.25) is 5.91 Å². The van der Waals surface area contributed by atoms with Gasteiger partial charge in [0.25, 0.3) is 0 Å². The van der Waals surface area contributed by atoms with Crippen LogP contribution in [0.4, 0.5) is 10.1 Å². The molecule has 0 radical (unpaired) electrons. The molecule has 26 heavy (non-hydrogen) atoms. The first-order valence-corrected chi connectivity index (χ1v) is 10.3. The average molecular weight is 364 g/mol. The molecule has 1 amide bonds. The zero-order valence-corrected chi connectivity index (χ0v) is 17.7. The molecule has 1 aromatic rings. The summed E-state index contributed by atoms with van der Waals surface area (Å²) in [6, 6.07) is 5.36. The molecule has 3 heteroatoms. The van der Waals surface area contributed by atoms with Crippen LogP contribution in [0.25, 0.3) is 0 Å². The van der Waals surface area contributed by atoms with E-state index < -0.39 is 0 Å². The Labute approximate surface area is 160 Å². The van der Waals surface area contributed by atoms with E-state index in [0.717, 1.165) is 44.2 Å². The van der Waals surface area contributed by atoms with Crippen molar-refractivity contribution < 1.29 is 9.18 Å². The van der Waals surface area contributed by atoms with E-state index >= 15 is 0 Å². The number of amides is 1. The van der Waals surface area contributed by atoms with Gasteiger partial charge in [0, 0.05) is 18.2 Å². The second-order valence-corrected chi connectivity index (χ2v) is 8.57. The van der Waals surface area contributed by atoms with Crippen LogP contribution in [-0.2, 0) is 11.2 Å². The van der Waals surface area contributed by atoms with Gasteiger partial charge in [0.05, 0.1) is 0 Å². The van der Waals surface area contributed by atoms with Gasteiger partial charge in [-0.1, -0.05) is 67.2 Å². The fourth-order valence-electron chi connectivity index (χ4n) is 3.36. The number of hydrogen-bond donors (Lipinski definition) is 0. The van der Waals surface area contributed by atoms with Crippen LogP contribution in [0.3, 0.4) is 0 Å². The minimum absolute atomic E-state index is 0.0665. The number of hydrogen-bond acceptors (Lipinski definition) is 1. The number of nitrogens with zero attached hydrogens (tertiary/aromatic N) is 1. The van der Waals surface area contributed by atoms with Crippen LogP contribution in [0, 0.1) is 11.2 Å². The SMILES string of the molecule is CCCCC(CCCC)N(C(=O)CC(C)(C)C)c1ccc(F)c(CC)c1. The minimum Gasteiger partial charge on any atom is -0.309 e. The summed E-state index contributed by atoms with van der Waals surface area (Å²) >= 11 is 0. The maximum Gasteiger partial charge on any atom is 0.227 e. The van der Waals surface area contributed by atoms with Crippen LogP contribution >= 0.6 is 0 Å². The third-order valence-electron chi connectivity index (χ3n) is 4.79. The largest absolute Gasteiger partial charge is 0.309 e. The van der Waals surface area contributed by atoms with E-state index in [0.29, 0.717) is 18.4 Å². The highest BCUT2D eigenvalue weighted by Crippen LogP contribution is 2.29. The second kappa shape index (κ2) is 10.7. The van der Waals surface area contributed by atoms with E-state index in [9.17, 15) is 9.18 Å². The molecule has 0 saturated heterocycles. The van der Waals surface area contributed by atoms with E-state index in [1.165, 1.54) is 6.07 Å². The van der Waals surface area contributed by atoms with E-state index in [-0.39, 0.29) is 23.2 Å². The van der Waals surface area contributed by atoms with Crippen molar-refractivity contribution in [1.29, 1.82) is 0 Å². The number of carbonyl (C=O) groups excluding carboxylic acids is 1. The van der Waals surface area contributed by atoms with Gasteiger partial charge in [-0.25, -0.2) is 4.39 Å². The lowest BCUT2D eigenvalue weighted by Gasteiger charge is -2.34. The lowest BCUT2D eigenvalue weighted by molar-refractivity contribution is -0.120. The topological polar surface area (TPSA) is 20.3 Å². The Morgan fingerprint density at radius 3 is 2.12 bits per heavy atom. The maximum absolute atomic E-state index is 14.0.